The quantitative estimate of drug-likeness (QED) is 0.364. The Morgan fingerprint density at radius 1 is 0.944 bits per heavy atom. The van der Waals surface area contributed by atoms with Crippen molar-refractivity contribution in [2.24, 2.45) is 11.8 Å². The third-order valence-corrected chi connectivity index (χ3v) is 7.81. The minimum atomic E-state index is -0.159. The Bertz CT molecular complexity index is 1330. The summed E-state index contributed by atoms with van der Waals surface area (Å²) in [6.45, 7) is 0.453. The predicted molar refractivity (Wildman–Crippen MR) is 138 cm³/mol. The van der Waals surface area contributed by atoms with Crippen LogP contribution in [0.5, 0.6) is 5.75 Å². The van der Waals surface area contributed by atoms with Crippen LogP contribution in [0.3, 0.4) is 0 Å². The Morgan fingerprint density at radius 3 is 2.33 bits per heavy atom. The molecule has 0 saturated heterocycles. The average Bonchev–Trinajstić information content (AvgIpc) is 3.56. The minimum Gasteiger partial charge on any atom is -0.487 e. The maximum atomic E-state index is 12.7. The highest BCUT2D eigenvalue weighted by atomic mass is 16.5. The van der Waals surface area contributed by atoms with Crippen molar-refractivity contribution >= 4 is 11.6 Å². The van der Waals surface area contributed by atoms with Gasteiger partial charge in [-0.2, -0.15) is 0 Å². The summed E-state index contributed by atoms with van der Waals surface area (Å²) < 4.78 is 5.99. The molecule has 6 rings (SSSR count). The molecule has 3 atom stereocenters. The second-order valence-electron chi connectivity index (χ2n) is 9.84. The van der Waals surface area contributed by atoms with Crippen LogP contribution in [0.1, 0.15) is 52.9 Å². The standard InChI is InChI=1S/C30H28N4O2/c35-29(34-27-17-31-20-32-18-27)22-5-8-23(9-6-22)30(16-21-4-7-25(30)15-21)24-10-12-28(13-11-24)36-19-26-3-1-2-14-33-26/h1-3,5-6,8-14,17-18,20-21,25H,4,7,15-16,19H2,(H,34,35)/t21-,25+,30-/m1/s1. The van der Waals surface area contributed by atoms with Crippen LogP contribution in [-0.2, 0) is 12.0 Å². The molecule has 0 radical (unpaired) electrons. The van der Waals surface area contributed by atoms with Gasteiger partial charge in [-0.05, 0) is 78.6 Å². The number of benzene rings is 2. The Balaban J connectivity index is 1.24. The molecular formula is C30H28N4O2. The lowest BCUT2D eigenvalue weighted by atomic mass is 9.64. The van der Waals surface area contributed by atoms with Gasteiger partial charge >= 0.3 is 0 Å². The van der Waals surface area contributed by atoms with Crippen LogP contribution in [-0.4, -0.2) is 20.9 Å². The third-order valence-electron chi connectivity index (χ3n) is 7.81. The number of hydrogen-bond acceptors (Lipinski definition) is 5. The SMILES string of the molecule is O=C(Nc1cncnc1)c1ccc([C@@]2(c3ccc(OCc4ccccn4)cc3)C[C@@H]3CC[C@H]2C3)cc1. The monoisotopic (exact) mass is 476 g/mol. The van der Waals surface area contributed by atoms with Gasteiger partial charge in [0.1, 0.15) is 18.7 Å². The molecule has 2 bridgehead atoms. The molecule has 1 amide bonds. The van der Waals surface area contributed by atoms with Crippen LogP contribution in [0.25, 0.3) is 0 Å². The highest BCUT2D eigenvalue weighted by Gasteiger charge is 2.52. The van der Waals surface area contributed by atoms with Crippen molar-refractivity contribution in [1.82, 2.24) is 15.0 Å². The highest BCUT2D eigenvalue weighted by Crippen LogP contribution is 2.60. The van der Waals surface area contributed by atoms with E-state index in [2.05, 4.69) is 56.7 Å². The van der Waals surface area contributed by atoms with Crippen molar-refractivity contribution in [3.8, 4) is 5.75 Å². The van der Waals surface area contributed by atoms with Gasteiger partial charge in [0.05, 0.1) is 23.8 Å². The number of anilines is 1. The van der Waals surface area contributed by atoms with Crippen LogP contribution in [0.4, 0.5) is 5.69 Å². The van der Waals surface area contributed by atoms with Crippen molar-refractivity contribution in [1.29, 1.82) is 0 Å². The van der Waals surface area contributed by atoms with Gasteiger partial charge in [-0.3, -0.25) is 9.78 Å². The van der Waals surface area contributed by atoms with Crippen molar-refractivity contribution in [2.75, 3.05) is 5.32 Å². The molecule has 2 aromatic heterocycles. The number of pyridine rings is 1. The zero-order valence-corrected chi connectivity index (χ0v) is 20.0. The van der Waals surface area contributed by atoms with Crippen LogP contribution in [0.15, 0.2) is 91.6 Å². The normalized spacial score (nSPS) is 22.3. The second-order valence-corrected chi connectivity index (χ2v) is 9.84. The molecule has 0 unspecified atom stereocenters. The maximum absolute atomic E-state index is 12.7. The van der Waals surface area contributed by atoms with E-state index in [4.69, 9.17) is 4.74 Å². The number of carbonyl (C=O) groups is 1. The first-order valence-corrected chi connectivity index (χ1v) is 12.5. The van der Waals surface area contributed by atoms with Gasteiger partial charge in [0, 0.05) is 17.2 Å². The first kappa shape index (κ1) is 22.4. The summed E-state index contributed by atoms with van der Waals surface area (Å²) >= 11 is 0. The lowest BCUT2D eigenvalue weighted by molar-refractivity contribution is 0.102. The fraction of sp³-hybridized carbons (Fsp3) is 0.267. The molecule has 180 valence electrons. The molecule has 2 saturated carbocycles. The molecule has 2 aliphatic rings. The van der Waals surface area contributed by atoms with Crippen LogP contribution < -0.4 is 10.1 Å². The Kier molecular flexibility index (Phi) is 5.93. The number of hydrogen-bond donors (Lipinski definition) is 1. The van der Waals surface area contributed by atoms with E-state index >= 15 is 0 Å². The first-order chi connectivity index (χ1) is 17.7. The molecule has 2 fully saturated rings. The van der Waals surface area contributed by atoms with E-state index in [0.717, 1.165) is 23.8 Å². The first-order valence-electron chi connectivity index (χ1n) is 12.5. The van der Waals surface area contributed by atoms with Crippen LogP contribution >= 0.6 is 0 Å². The molecular weight excluding hydrogens is 448 g/mol. The zero-order chi connectivity index (χ0) is 24.4. The van der Waals surface area contributed by atoms with E-state index in [0.29, 0.717) is 23.8 Å². The number of fused-ring (bicyclic) bond motifs is 2. The molecule has 0 spiro atoms. The van der Waals surface area contributed by atoms with E-state index in [1.165, 1.54) is 36.7 Å². The maximum Gasteiger partial charge on any atom is 0.255 e. The highest BCUT2D eigenvalue weighted by molar-refractivity contribution is 6.04. The van der Waals surface area contributed by atoms with E-state index in [-0.39, 0.29) is 11.3 Å². The summed E-state index contributed by atoms with van der Waals surface area (Å²) in [6, 6.07) is 22.6. The molecule has 4 aromatic rings. The van der Waals surface area contributed by atoms with Crippen LogP contribution in [0.2, 0.25) is 0 Å². The number of rotatable bonds is 7. The molecule has 2 heterocycles. The molecule has 2 aromatic carbocycles. The van der Waals surface area contributed by atoms with Crippen molar-refractivity contribution in [3.63, 3.8) is 0 Å². The van der Waals surface area contributed by atoms with Gasteiger partial charge < -0.3 is 10.1 Å². The van der Waals surface area contributed by atoms with Gasteiger partial charge in [0.25, 0.3) is 5.91 Å². The number of aromatic nitrogens is 3. The molecule has 6 nitrogen and oxygen atoms in total. The number of amides is 1. The molecule has 2 aliphatic carbocycles. The van der Waals surface area contributed by atoms with Gasteiger partial charge in [0.15, 0.2) is 0 Å². The summed E-state index contributed by atoms with van der Waals surface area (Å²) in [5.41, 5.74) is 4.72. The van der Waals surface area contributed by atoms with Gasteiger partial charge in [-0.15, -0.1) is 0 Å². The predicted octanol–water partition coefficient (Wildman–Crippen LogP) is 5.81. The van der Waals surface area contributed by atoms with Crippen molar-refractivity contribution in [2.45, 2.75) is 37.7 Å². The Hall–Kier alpha value is -4.06. The van der Waals surface area contributed by atoms with E-state index in [1.54, 1.807) is 18.6 Å². The molecule has 1 N–H and O–H groups in total. The van der Waals surface area contributed by atoms with Gasteiger partial charge in [0.2, 0.25) is 0 Å². The molecule has 36 heavy (non-hydrogen) atoms. The summed E-state index contributed by atoms with van der Waals surface area (Å²) in [6.07, 6.45) is 11.4. The van der Waals surface area contributed by atoms with E-state index < -0.39 is 0 Å². The fourth-order valence-electron chi connectivity index (χ4n) is 6.18. The Labute approximate surface area is 210 Å². The third kappa shape index (κ3) is 4.24. The topological polar surface area (TPSA) is 77.0 Å². The minimum absolute atomic E-state index is 0.0231. The second kappa shape index (κ2) is 9.53. The van der Waals surface area contributed by atoms with Crippen molar-refractivity contribution in [3.05, 3.63) is 114 Å². The zero-order valence-electron chi connectivity index (χ0n) is 20.0. The Morgan fingerprint density at radius 2 is 1.69 bits per heavy atom. The van der Waals surface area contributed by atoms with Crippen LogP contribution in [0, 0.1) is 11.8 Å². The number of nitrogens with zero attached hydrogens (tertiary/aromatic N) is 3. The number of carbonyl (C=O) groups excluding carboxylic acids is 1. The van der Waals surface area contributed by atoms with Gasteiger partial charge in [-0.25, -0.2) is 9.97 Å². The smallest absolute Gasteiger partial charge is 0.255 e. The van der Waals surface area contributed by atoms with E-state index in [1.807, 2.05) is 30.3 Å². The lowest BCUT2D eigenvalue weighted by Gasteiger charge is -2.39. The number of ether oxygens (including phenoxy) is 1. The van der Waals surface area contributed by atoms with Crippen molar-refractivity contribution < 1.29 is 9.53 Å². The largest absolute Gasteiger partial charge is 0.487 e. The molecule has 6 heteroatoms. The summed E-state index contributed by atoms with van der Waals surface area (Å²) in [5.74, 6) is 2.06. The summed E-state index contributed by atoms with van der Waals surface area (Å²) in [5, 5.41) is 2.86. The summed E-state index contributed by atoms with van der Waals surface area (Å²) in [4.78, 5) is 25.0. The van der Waals surface area contributed by atoms with Gasteiger partial charge in [-0.1, -0.05) is 36.8 Å². The average molecular weight is 477 g/mol. The summed E-state index contributed by atoms with van der Waals surface area (Å²) in [7, 11) is 0. The number of nitrogens with one attached hydrogen (secondary N) is 1. The lowest BCUT2D eigenvalue weighted by Crippen LogP contribution is -2.34. The van der Waals surface area contributed by atoms with E-state index in [9.17, 15) is 4.79 Å². The molecule has 0 aliphatic heterocycles. The fourth-order valence-corrected chi connectivity index (χ4v) is 6.18.